The van der Waals surface area contributed by atoms with Gasteiger partial charge in [0.05, 0.1) is 0 Å². The van der Waals surface area contributed by atoms with Crippen molar-refractivity contribution in [2.45, 2.75) is 112 Å². The Morgan fingerprint density at radius 1 is 0.479 bits per heavy atom. The van der Waals surface area contributed by atoms with Gasteiger partial charge in [-0.1, -0.05) is 0 Å². The van der Waals surface area contributed by atoms with Crippen LogP contribution in [-0.2, 0) is 20.0 Å². The first kappa shape index (κ1) is 32.4. The molecule has 246 valence electrons. The molecule has 0 nitrogen and oxygen atoms in total. The first-order chi connectivity index (χ1) is 22.7. The van der Waals surface area contributed by atoms with Crippen molar-refractivity contribution in [3.8, 4) is 22.3 Å². The maximum atomic E-state index is 2.82. The fourth-order valence-corrected chi connectivity index (χ4v) is 28.5. The Labute approximate surface area is 295 Å². The Hall–Kier alpha value is -2.77. The molecule has 2 unspecified atom stereocenters. The first-order valence-electron chi connectivity index (χ1n) is 18.6. The third-order valence-electron chi connectivity index (χ3n) is 14.7. The molecule has 2 atom stereocenters. The summed E-state index contributed by atoms with van der Waals surface area (Å²) in [6, 6.07) is 14.8. The Balaban J connectivity index is 1.38. The monoisotopic (exact) mass is 798 g/mol. The molecule has 1 saturated carbocycles. The fourth-order valence-electron chi connectivity index (χ4n) is 11.4. The number of hydrogen-bond acceptors (Lipinski definition) is 0. The molecule has 1 aliphatic heterocycles. The van der Waals surface area contributed by atoms with E-state index in [1.54, 1.807) is 22.3 Å². The quantitative estimate of drug-likeness (QED) is 0.177. The van der Waals surface area contributed by atoms with E-state index in [1.807, 2.05) is 11.1 Å². The van der Waals surface area contributed by atoms with Crippen molar-refractivity contribution in [1.29, 1.82) is 0 Å². The molecule has 0 N–H and O–H groups in total. The molecule has 1 heterocycles. The summed E-state index contributed by atoms with van der Waals surface area (Å²) in [4.78, 5) is 0. The average molecular weight is 797 g/mol. The summed E-state index contributed by atoms with van der Waals surface area (Å²) in [6.45, 7) is 23.4. The van der Waals surface area contributed by atoms with E-state index >= 15 is 0 Å². The van der Waals surface area contributed by atoms with Gasteiger partial charge in [-0.15, -0.1) is 0 Å². The molecule has 1 heteroatoms. The number of allylic oxidation sites excluding steroid dienone is 2. The van der Waals surface area contributed by atoms with Gasteiger partial charge in [-0.2, -0.15) is 0 Å². The summed E-state index contributed by atoms with van der Waals surface area (Å²) in [6.07, 6.45) is 10.9. The average Bonchev–Trinajstić information content (AvgIpc) is 3.81. The molecule has 2 fully saturated rings. The first-order valence-corrected chi connectivity index (χ1v) is 29.9. The molecule has 0 bridgehead atoms. The number of hydrogen-bond donors (Lipinski definition) is 0. The Morgan fingerprint density at radius 2 is 0.812 bits per heavy atom. The predicted octanol–water partition coefficient (Wildman–Crippen LogP) is 13.5. The van der Waals surface area contributed by atoms with Crippen molar-refractivity contribution in [1.82, 2.24) is 0 Å². The van der Waals surface area contributed by atoms with Gasteiger partial charge in [0.25, 0.3) is 0 Å². The van der Waals surface area contributed by atoms with Gasteiger partial charge in [0, 0.05) is 0 Å². The van der Waals surface area contributed by atoms with Crippen LogP contribution in [0.5, 0.6) is 0 Å². The van der Waals surface area contributed by atoms with Crippen LogP contribution in [0.25, 0.3) is 34.4 Å². The van der Waals surface area contributed by atoms with Crippen LogP contribution in [0.1, 0.15) is 111 Å². The minimum absolute atomic E-state index is 0.198. The second-order valence-corrected chi connectivity index (χ2v) is 34.0. The van der Waals surface area contributed by atoms with E-state index in [4.69, 9.17) is 0 Å². The van der Waals surface area contributed by atoms with Gasteiger partial charge >= 0.3 is 297 Å². The Bertz CT molecular complexity index is 1950. The third kappa shape index (κ3) is 4.03. The molecular formula is C47H54Hf. The van der Waals surface area contributed by atoms with Gasteiger partial charge in [0.15, 0.2) is 0 Å². The second-order valence-electron chi connectivity index (χ2n) is 16.8. The molecule has 0 amide bonds. The Kier molecular flexibility index (Phi) is 7.34. The molecule has 0 aromatic heterocycles. The van der Waals surface area contributed by atoms with Gasteiger partial charge in [-0.25, -0.2) is 0 Å². The van der Waals surface area contributed by atoms with E-state index < -0.39 is 20.0 Å². The minimum atomic E-state index is -3.14. The SMILES string of the molecule is Cc1c(C)c(C)c(-c2cccc3c2C=C2[CH]3[Hf]([CH3])([CH3])[CH]3C(=Cc4c(-c5c(C)c(C)c(C)c(C)c5C)cccc43)C23CCCC3)c(C)c1C. The van der Waals surface area contributed by atoms with E-state index in [9.17, 15) is 0 Å². The topological polar surface area (TPSA) is 0 Å². The van der Waals surface area contributed by atoms with Crippen LogP contribution in [0.2, 0.25) is 9.36 Å². The second kappa shape index (κ2) is 10.9. The van der Waals surface area contributed by atoms with E-state index in [1.165, 1.54) is 104 Å². The molecule has 1 saturated heterocycles. The number of rotatable bonds is 2. The van der Waals surface area contributed by atoms with Crippen molar-refractivity contribution in [2.75, 3.05) is 0 Å². The molecule has 4 aromatic rings. The van der Waals surface area contributed by atoms with Gasteiger partial charge in [-0.3, -0.25) is 0 Å². The van der Waals surface area contributed by atoms with Crippen LogP contribution < -0.4 is 0 Å². The van der Waals surface area contributed by atoms with Crippen molar-refractivity contribution in [3.63, 3.8) is 0 Å². The van der Waals surface area contributed by atoms with Crippen LogP contribution in [0.4, 0.5) is 0 Å². The third-order valence-corrected chi connectivity index (χ3v) is 29.9. The van der Waals surface area contributed by atoms with E-state index in [-0.39, 0.29) is 5.41 Å². The van der Waals surface area contributed by atoms with Crippen molar-refractivity contribution < 1.29 is 20.0 Å². The molecule has 4 aromatic carbocycles. The van der Waals surface area contributed by atoms with Gasteiger partial charge in [-0.05, 0) is 0 Å². The van der Waals surface area contributed by atoms with Crippen LogP contribution in [0, 0.1) is 74.7 Å². The zero-order valence-electron chi connectivity index (χ0n) is 31.6. The normalized spacial score (nSPS) is 21.2. The summed E-state index contributed by atoms with van der Waals surface area (Å²) in [5.74, 6) is 0. The molecule has 3 aliphatic carbocycles. The molecule has 48 heavy (non-hydrogen) atoms. The molecule has 0 radical (unpaired) electrons. The summed E-state index contributed by atoms with van der Waals surface area (Å²) >= 11 is -3.14. The predicted molar refractivity (Wildman–Crippen MR) is 205 cm³/mol. The van der Waals surface area contributed by atoms with E-state index in [2.05, 4.69) is 127 Å². The Morgan fingerprint density at radius 3 is 1.17 bits per heavy atom. The number of benzene rings is 4. The zero-order chi connectivity index (χ0) is 34.2. The van der Waals surface area contributed by atoms with Crippen LogP contribution in [-0.4, -0.2) is 0 Å². The van der Waals surface area contributed by atoms with Gasteiger partial charge in [0.2, 0.25) is 0 Å². The van der Waals surface area contributed by atoms with E-state index in [0.717, 1.165) is 0 Å². The van der Waals surface area contributed by atoms with Crippen LogP contribution in [0.15, 0.2) is 47.5 Å². The van der Waals surface area contributed by atoms with Crippen molar-refractivity contribution >= 4 is 12.2 Å². The van der Waals surface area contributed by atoms with Crippen molar-refractivity contribution in [3.05, 3.63) is 125 Å². The molecule has 1 spiro atoms. The summed E-state index contributed by atoms with van der Waals surface area (Å²) in [7, 11) is 0. The van der Waals surface area contributed by atoms with Crippen molar-refractivity contribution in [2.24, 2.45) is 5.41 Å². The zero-order valence-corrected chi connectivity index (χ0v) is 35.2. The molecule has 4 aliphatic rings. The molecule has 8 rings (SSSR count). The van der Waals surface area contributed by atoms with Crippen LogP contribution in [0.3, 0.4) is 0 Å². The summed E-state index contributed by atoms with van der Waals surface area (Å²) < 4.78 is 6.93. The van der Waals surface area contributed by atoms with E-state index in [0.29, 0.717) is 7.35 Å². The molecular weight excluding hydrogens is 743 g/mol. The summed E-state index contributed by atoms with van der Waals surface area (Å²) in [5, 5.41) is 0. The number of fused-ring (bicyclic) bond motifs is 8. The standard InChI is InChI=1S/C45H48.2CH3.Hf/c1-25-27(3)31(7)43(32(8)28(25)4)39-17-13-15-35-21-37(23-41(35)39)45(19-11-12-20-45)38-22-36-16-14-18-40(42(36)24-38)44-33(9)29(5)26(2)30(6)34(44)10;;;/h13-18,21-24H,11-12,19-20H2,1-10H3;2*1H3;. The van der Waals surface area contributed by atoms with Gasteiger partial charge in [0.1, 0.15) is 0 Å². The summed E-state index contributed by atoms with van der Waals surface area (Å²) in [5.41, 5.74) is 30.8. The van der Waals surface area contributed by atoms with Gasteiger partial charge < -0.3 is 0 Å². The van der Waals surface area contributed by atoms with Crippen LogP contribution >= 0.6 is 0 Å². The fraction of sp³-hybridized carbons (Fsp3) is 0.404. The maximum absolute atomic E-state index is 3.14.